The van der Waals surface area contributed by atoms with Gasteiger partial charge >= 0.3 is 0 Å². The van der Waals surface area contributed by atoms with Crippen LogP contribution in [0.1, 0.15) is 109 Å². The molecule has 8 nitrogen and oxygen atoms in total. The second kappa shape index (κ2) is 20.1. The highest BCUT2D eigenvalue weighted by molar-refractivity contribution is 5.92. The Bertz CT molecular complexity index is 761. The first-order valence-electron chi connectivity index (χ1n) is 15.8. The third-order valence-electron chi connectivity index (χ3n) is 7.76. The van der Waals surface area contributed by atoms with Gasteiger partial charge in [0.2, 0.25) is 0 Å². The number of halogens is 2. The lowest BCUT2D eigenvalue weighted by atomic mass is 10.1. The van der Waals surface area contributed by atoms with Crippen molar-refractivity contribution < 1.29 is 37.3 Å². The molecule has 2 amide bonds. The van der Waals surface area contributed by atoms with E-state index >= 15 is 0 Å². The van der Waals surface area contributed by atoms with Crippen LogP contribution < -0.4 is 10.6 Å². The van der Waals surface area contributed by atoms with E-state index in [0.29, 0.717) is 45.3 Å². The SMILES string of the molecule is O=C(N[C@@H]1CC[C@H](NC(=O)/C(F)=C/CCCCCOC2CCCCO2)C1)/C(F)=C/CCCCCOC1CCCCO1. The van der Waals surface area contributed by atoms with Crippen molar-refractivity contribution >= 4 is 11.8 Å². The minimum absolute atomic E-state index is 0.0863. The molecule has 2 aliphatic heterocycles. The summed E-state index contributed by atoms with van der Waals surface area (Å²) in [5.74, 6) is -3.04. The van der Waals surface area contributed by atoms with Gasteiger partial charge in [0.25, 0.3) is 11.8 Å². The monoisotopic (exact) mass is 584 g/mol. The summed E-state index contributed by atoms with van der Waals surface area (Å²) in [6.07, 6.45) is 16.5. The molecular formula is C31H50F2N2O6. The van der Waals surface area contributed by atoms with Gasteiger partial charge in [0.15, 0.2) is 24.2 Å². The van der Waals surface area contributed by atoms with Crippen molar-refractivity contribution in [3.05, 3.63) is 23.8 Å². The third kappa shape index (κ3) is 14.2. The number of nitrogens with one attached hydrogen (secondary N) is 2. The molecule has 0 aromatic carbocycles. The summed E-state index contributed by atoms with van der Waals surface area (Å²) >= 11 is 0. The molecule has 0 radical (unpaired) electrons. The van der Waals surface area contributed by atoms with Crippen molar-refractivity contribution in [1.82, 2.24) is 10.6 Å². The Kier molecular flexibility index (Phi) is 16.5. The summed E-state index contributed by atoms with van der Waals surface area (Å²) in [5.41, 5.74) is 0. The number of hydrogen-bond donors (Lipinski definition) is 2. The van der Waals surface area contributed by atoms with Gasteiger partial charge in [-0.05, 0) is 108 Å². The molecule has 10 heteroatoms. The van der Waals surface area contributed by atoms with E-state index in [1.165, 1.54) is 12.2 Å². The standard InChI is InChI=1S/C31H50F2N2O6/c32-26(13-5-1-3-9-19-38-28-15-7-11-21-40-28)30(36)34-24-17-18-25(23-24)35-31(37)27(33)14-6-2-4-10-20-39-29-16-8-12-22-41-29/h13-14,24-25,28-29H,1-12,15-23H2,(H,34,36)(H,35,37)/b26-13-,27-14-/t24-,25+,28?,29?. The molecule has 234 valence electrons. The maximum atomic E-state index is 14.3. The van der Waals surface area contributed by atoms with Crippen LogP contribution in [0.5, 0.6) is 0 Å². The van der Waals surface area contributed by atoms with Crippen LogP contribution in [-0.4, -0.2) is 62.9 Å². The average molecular weight is 585 g/mol. The second-order valence-corrected chi connectivity index (χ2v) is 11.3. The molecule has 3 rings (SSSR count). The fraction of sp³-hybridized carbons (Fsp3) is 0.806. The number of carbonyl (C=O) groups is 2. The minimum atomic E-state index is -0.785. The van der Waals surface area contributed by atoms with E-state index in [-0.39, 0.29) is 24.7 Å². The largest absolute Gasteiger partial charge is 0.353 e. The van der Waals surface area contributed by atoms with E-state index in [9.17, 15) is 18.4 Å². The molecule has 1 saturated carbocycles. The van der Waals surface area contributed by atoms with Gasteiger partial charge in [-0.25, -0.2) is 8.78 Å². The van der Waals surface area contributed by atoms with Gasteiger partial charge in [0.05, 0.1) is 0 Å². The molecule has 0 aromatic rings. The third-order valence-corrected chi connectivity index (χ3v) is 7.76. The van der Waals surface area contributed by atoms with Crippen molar-refractivity contribution in [3.63, 3.8) is 0 Å². The van der Waals surface area contributed by atoms with E-state index in [2.05, 4.69) is 10.6 Å². The fourth-order valence-electron chi connectivity index (χ4n) is 5.36. The van der Waals surface area contributed by atoms with E-state index in [4.69, 9.17) is 18.9 Å². The first-order chi connectivity index (χ1) is 20.0. The molecule has 2 unspecified atom stereocenters. The van der Waals surface area contributed by atoms with Crippen LogP contribution in [0.25, 0.3) is 0 Å². The number of amides is 2. The Labute approximate surface area is 243 Å². The summed E-state index contributed by atoms with van der Waals surface area (Å²) in [5, 5.41) is 5.39. The highest BCUT2D eigenvalue weighted by atomic mass is 19.1. The van der Waals surface area contributed by atoms with E-state index < -0.39 is 23.5 Å². The van der Waals surface area contributed by atoms with Crippen molar-refractivity contribution in [2.24, 2.45) is 0 Å². The molecule has 2 saturated heterocycles. The maximum Gasteiger partial charge on any atom is 0.279 e. The van der Waals surface area contributed by atoms with Gasteiger partial charge in [0.1, 0.15) is 0 Å². The average Bonchev–Trinajstić information content (AvgIpc) is 3.43. The molecule has 3 fully saturated rings. The molecule has 1 aliphatic carbocycles. The first kappa shape index (κ1) is 33.6. The van der Waals surface area contributed by atoms with Gasteiger partial charge < -0.3 is 29.6 Å². The smallest absolute Gasteiger partial charge is 0.279 e. The van der Waals surface area contributed by atoms with Crippen molar-refractivity contribution in [2.45, 2.75) is 134 Å². The Hall–Kier alpha value is -1.88. The molecule has 41 heavy (non-hydrogen) atoms. The fourth-order valence-corrected chi connectivity index (χ4v) is 5.36. The van der Waals surface area contributed by atoms with Crippen LogP contribution in [0.2, 0.25) is 0 Å². The molecule has 0 bridgehead atoms. The lowest BCUT2D eigenvalue weighted by molar-refractivity contribution is -0.163. The normalized spacial score (nSPS) is 25.7. The number of hydrogen-bond acceptors (Lipinski definition) is 6. The summed E-state index contributed by atoms with van der Waals surface area (Å²) < 4.78 is 50.9. The van der Waals surface area contributed by atoms with Crippen molar-refractivity contribution in [2.75, 3.05) is 26.4 Å². The minimum Gasteiger partial charge on any atom is -0.353 e. The quantitative estimate of drug-likeness (QED) is 0.150. The van der Waals surface area contributed by atoms with E-state index in [1.54, 1.807) is 0 Å². The first-order valence-corrected chi connectivity index (χ1v) is 15.8. The Morgan fingerprint density at radius 2 is 1.12 bits per heavy atom. The molecule has 0 aromatic heterocycles. The number of ether oxygens (including phenoxy) is 4. The van der Waals surface area contributed by atoms with Gasteiger partial charge in [-0.2, -0.15) is 0 Å². The molecule has 0 spiro atoms. The van der Waals surface area contributed by atoms with Crippen LogP contribution in [0.4, 0.5) is 8.78 Å². The molecule has 2 heterocycles. The lowest BCUT2D eigenvalue weighted by Gasteiger charge is -2.22. The summed E-state index contributed by atoms with van der Waals surface area (Å²) in [6.45, 7) is 2.78. The Morgan fingerprint density at radius 3 is 1.54 bits per heavy atom. The van der Waals surface area contributed by atoms with Gasteiger partial charge in [0, 0.05) is 38.5 Å². The Balaban J connectivity index is 1.19. The zero-order valence-electron chi connectivity index (χ0n) is 24.5. The number of rotatable bonds is 18. The highest BCUT2D eigenvalue weighted by Crippen LogP contribution is 2.21. The zero-order valence-corrected chi connectivity index (χ0v) is 24.5. The molecule has 2 N–H and O–H groups in total. The number of carbonyl (C=O) groups excluding carboxylic acids is 2. The van der Waals surface area contributed by atoms with Crippen LogP contribution in [0.15, 0.2) is 23.8 Å². The summed E-state index contributed by atoms with van der Waals surface area (Å²) in [6, 6.07) is -0.501. The predicted octanol–water partition coefficient (Wildman–Crippen LogP) is 6.05. The van der Waals surface area contributed by atoms with Crippen molar-refractivity contribution in [3.8, 4) is 0 Å². The molecule has 4 atom stereocenters. The molecule has 3 aliphatic rings. The highest BCUT2D eigenvalue weighted by Gasteiger charge is 2.28. The van der Waals surface area contributed by atoms with Gasteiger partial charge in [-0.15, -0.1) is 0 Å². The van der Waals surface area contributed by atoms with E-state index in [0.717, 1.165) is 90.3 Å². The maximum absolute atomic E-state index is 14.3. The predicted molar refractivity (Wildman–Crippen MR) is 152 cm³/mol. The summed E-state index contributed by atoms with van der Waals surface area (Å²) in [4.78, 5) is 24.4. The van der Waals surface area contributed by atoms with Crippen LogP contribution >= 0.6 is 0 Å². The van der Waals surface area contributed by atoms with E-state index in [1.807, 2.05) is 0 Å². The molecular weight excluding hydrogens is 534 g/mol. The Morgan fingerprint density at radius 1 is 0.659 bits per heavy atom. The zero-order chi connectivity index (χ0) is 29.1. The van der Waals surface area contributed by atoms with Crippen LogP contribution in [0.3, 0.4) is 0 Å². The van der Waals surface area contributed by atoms with Gasteiger partial charge in [-0.3, -0.25) is 9.59 Å². The number of allylic oxidation sites excluding steroid dienone is 2. The lowest BCUT2D eigenvalue weighted by Crippen LogP contribution is -2.37. The topological polar surface area (TPSA) is 95.1 Å². The number of unbranched alkanes of at least 4 members (excludes halogenated alkanes) is 6. The summed E-state index contributed by atoms with van der Waals surface area (Å²) in [7, 11) is 0. The van der Waals surface area contributed by atoms with Crippen molar-refractivity contribution in [1.29, 1.82) is 0 Å². The second-order valence-electron chi connectivity index (χ2n) is 11.3. The van der Waals surface area contributed by atoms with Crippen LogP contribution in [0, 0.1) is 0 Å². The van der Waals surface area contributed by atoms with Gasteiger partial charge in [-0.1, -0.05) is 12.8 Å². The van der Waals surface area contributed by atoms with Crippen LogP contribution in [-0.2, 0) is 28.5 Å².